The van der Waals surface area contributed by atoms with Crippen LogP contribution in [0.15, 0.2) is 24.3 Å². The van der Waals surface area contributed by atoms with Gasteiger partial charge in [0.15, 0.2) is 6.67 Å². The molecule has 0 aromatic heterocycles. The maximum Gasteiger partial charge on any atom is 0.488 e. The molecule has 0 fully saturated rings. The largest absolute Gasteiger partial charge is 0.488 e. The molecule has 0 radical (unpaired) electrons. The highest BCUT2D eigenvalue weighted by molar-refractivity contribution is 6.58. The van der Waals surface area contributed by atoms with E-state index in [0.717, 1.165) is 12.1 Å². The van der Waals surface area contributed by atoms with Crippen LogP contribution in [0.4, 0.5) is 13.2 Å². The fourth-order valence-electron chi connectivity index (χ4n) is 0.908. The van der Waals surface area contributed by atoms with E-state index in [4.69, 9.17) is 10.0 Å². The van der Waals surface area contributed by atoms with Gasteiger partial charge in [-0.05, 0) is 17.6 Å². The molecule has 1 aromatic carbocycles. The first kappa shape index (κ1) is 11.9. The van der Waals surface area contributed by atoms with Crippen LogP contribution < -0.4 is 10.2 Å². The van der Waals surface area contributed by atoms with Gasteiger partial charge in [0, 0.05) is 0 Å². The second-order valence-corrected chi connectivity index (χ2v) is 2.82. The van der Waals surface area contributed by atoms with Crippen LogP contribution in [0.1, 0.15) is 0 Å². The lowest BCUT2D eigenvalue weighted by molar-refractivity contribution is -0.186. The number of alkyl halides is 3. The summed E-state index contributed by atoms with van der Waals surface area (Å²) in [5.74, 6) is -0.248. The van der Waals surface area contributed by atoms with E-state index >= 15 is 0 Å². The fourth-order valence-corrected chi connectivity index (χ4v) is 0.908. The van der Waals surface area contributed by atoms with E-state index in [1.54, 1.807) is 0 Å². The molecule has 0 amide bonds. The van der Waals surface area contributed by atoms with E-state index in [2.05, 4.69) is 4.74 Å². The molecule has 0 bridgehead atoms. The monoisotopic (exact) mass is 220 g/mol. The Kier molecular flexibility index (Phi) is 3.59. The highest BCUT2D eigenvalue weighted by Crippen LogP contribution is 2.20. The third kappa shape index (κ3) is 3.45. The van der Waals surface area contributed by atoms with Gasteiger partial charge in [0.1, 0.15) is 5.75 Å². The number of hydrogen-bond acceptors (Lipinski definition) is 3. The van der Waals surface area contributed by atoms with E-state index in [1.807, 2.05) is 0 Å². The normalized spacial score (nSPS) is 11.3. The van der Waals surface area contributed by atoms with E-state index < -0.39 is 19.9 Å². The molecule has 0 aliphatic carbocycles. The Labute approximate surface area is 84.3 Å². The number of benzene rings is 1. The second-order valence-electron chi connectivity index (χ2n) is 2.82. The molecule has 2 N–H and O–H groups in total. The van der Waals surface area contributed by atoms with Gasteiger partial charge in [0.05, 0.1) is 0 Å². The fraction of sp³-hybridized carbons (Fsp3) is 0.250. The third-order valence-electron chi connectivity index (χ3n) is 1.60. The molecular weight excluding hydrogens is 212 g/mol. The maximum absolute atomic E-state index is 12.4. The lowest BCUT2D eigenvalue weighted by Crippen LogP contribution is -2.30. The van der Waals surface area contributed by atoms with E-state index in [-0.39, 0.29) is 11.2 Å². The van der Waals surface area contributed by atoms with Gasteiger partial charge in [-0.3, -0.25) is 0 Å². The summed E-state index contributed by atoms with van der Waals surface area (Å²) in [4.78, 5) is 0. The summed E-state index contributed by atoms with van der Waals surface area (Å²) >= 11 is 0. The molecule has 0 saturated heterocycles. The first-order chi connectivity index (χ1) is 6.94. The third-order valence-corrected chi connectivity index (χ3v) is 1.60. The predicted molar refractivity (Wildman–Crippen MR) is 47.8 cm³/mol. The van der Waals surface area contributed by atoms with Gasteiger partial charge in [-0.1, -0.05) is 12.1 Å². The van der Waals surface area contributed by atoms with E-state index in [9.17, 15) is 13.2 Å². The van der Waals surface area contributed by atoms with Crippen LogP contribution in [0.25, 0.3) is 0 Å². The summed E-state index contributed by atoms with van der Waals surface area (Å²) in [5, 5.41) is 17.4. The molecule has 0 aliphatic rings. The summed E-state index contributed by atoms with van der Waals surface area (Å²) in [6.45, 7) is -1.92. The van der Waals surface area contributed by atoms with Crippen molar-refractivity contribution in [1.82, 2.24) is 0 Å². The van der Waals surface area contributed by atoms with Crippen molar-refractivity contribution in [2.75, 3.05) is 6.67 Å². The Hall–Kier alpha value is -1.21. The molecule has 15 heavy (non-hydrogen) atoms. The van der Waals surface area contributed by atoms with Gasteiger partial charge in [-0.15, -0.1) is 0 Å². The SMILES string of the molecule is OB(O)c1ccc(OC(F)(F)CF)cc1. The van der Waals surface area contributed by atoms with Crippen molar-refractivity contribution in [1.29, 1.82) is 0 Å². The molecule has 7 heteroatoms. The minimum Gasteiger partial charge on any atom is -0.431 e. The van der Waals surface area contributed by atoms with Crippen LogP contribution >= 0.6 is 0 Å². The Morgan fingerprint density at radius 1 is 1.20 bits per heavy atom. The molecule has 0 unspecified atom stereocenters. The zero-order valence-electron chi connectivity index (χ0n) is 7.53. The smallest absolute Gasteiger partial charge is 0.431 e. The highest BCUT2D eigenvalue weighted by Gasteiger charge is 2.31. The number of halogens is 3. The Balaban J connectivity index is 2.73. The van der Waals surface area contributed by atoms with Gasteiger partial charge in [-0.2, -0.15) is 8.78 Å². The molecule has 3 nitrogen and oxygen atoms in total. The molecule has 0 saturated carbocycles. The molecular formula is C8H8BF3O3. The quantitative estimate of drug-likeness (QED) is 0.717. The molecule has 1 rings (SSSR count). The van der Waals surface area contributed by atoms with Crippen molar-refractivity contribution in [2.24, 2.45) is 0 Å². The Morgan fingerprint density at radius 3 is 2.13 bits per heavy atom. The van der Waals surface area contributed by atoms with E-state index in [1.165, 1.54) is 12.1 Å². The summed E-state index contributed by atoms with van der Waals surface area (Å²) in [6, 6.07) is 4.57. The topological polar surface area (TPSA) is 49.7 Å². The van der Waals surface area contributed by atoms with Crippen molar-refractivity contribution in [3.05, 3.63) is 24.3 Å². The van der Waals surface area contributed by atoms with Crippen molar-refractivity contribution in [2.45, 2.75) is 6.11 Å². The lowest BCUT2D eigenvalue weighted by atomic mass is 9.80. The van der Waals surface area contributed by atoms with Crippen molar-refractivity contribution in [3.63, 3.8) is 0 Å². The zero-order valence-corrected chi connectivity index (χ0v) is 7.53. The maximum atomic E-state index is 12.4. The van der Waals surface area contributed by atoms with Crippen molar-refractivity contribution < 1.29 is 28.0 Å². The number of ether oxygens (including phenoxy) is 1. The summed E-state index contributed by atoms with van der Waals surface area (Å²) < 4.78 is 40.5. The minimum absolute atomic E-state index is 0.130. The van der Waals surface area contributed by atoms with Crippen molar-refractivity contribution >= 4 is 12.6 Å². The van der Waals surface area contributed by atoms with Crippen LogP contribution in [-0.4, -0.2) is 29.9 Å². The van der Waals surface area contributed by atoms with Crippen molar-refractivity contribution in [3.8, 4) is 5.75 Å². The van der Waals surface area contributed by atoms with Crippen LogP contribution in [-0.2, 0) is 0 Å². The van der Waals surface area contributed by atoms with Crippen LogP contribution in [0.2, 0.25) is 0 Å². The number of hydrogen-bond donors (Lipinski definition) is 2. The number of rotatable bonds is 4. The average molecular weight is 220 g/mol. The first-order valence-electron chi connectivity index (χ1n) is 4.03. The summed E-state index contributed by atoms with van der Waals surface area (Å²) in [5.41, 5.74) is 0.130. The molecule has 1 aromatic rings. The average Bonchev–Trinajstić information content (AvgIpc) is 2.18. The highest BCUT2D eigenvalue weighted by atomic mass is 19.3. The second kappa shape index (κ2) is 4.54. The van der Waals surface area contributed by atoms with Gasteiger partial charge in [0.2, 0.25) is 0 Å². The van der Waals surface area contributed by atoms with Crippen LogP contribution in [0, 0.1) is 0 Å². The molecule has 0 aliphatic heterocycles. The zero-order chi connectivity index (χ0) is 11.5. The first-order valence-corrected chi connectivity index (χ1v) is 4.03. The summed E-state index contributed by atoms with van der Waals surface area (Å²) in [7, 11) is -1.68. The van der Waals surface area contributed by atoms with E-state index in [0.29, 0.717) is 0 Å². The van der Waals surface area contributed by atoms with Crippen LogP contribution in [0.3, 0.4) is 0 Å². The standard InChI is InChI=1S/C8H8BF3O3/c10-5-8(11,12)15-7-3-1-6(2-4-7)9(13)14/h1-4,13-14H,5H2. The summed E-state index contributed by atoms with van der Waals surface area (Å²) in [6.07, 6.45) is -3.86. The van der Waals surface area contributed by atoms with Gasteiger partial charge in [-0.25, -0.2) is 4.39 Å². The Morgan fingerprint density at radius 2 is 1.73 bits per heavy atom. The molecule has 0 spiro atoms. The molecule has 82 valence electrons. The van der Waals surface area contributed by atoms with Crippen LogP contribution in [0.5, 0.6) is 5.75 Å². The minimum atomic E-state index is -3.86. The Bertz CT molecular complexity index is 315. The van der Waals surface area contributed by atoms with Gasteiger partial charge in [0.25, 0.3) is 0 Å². The predicted octanol–water partition coefficient (Wildman–Crippen LogP) is 0.307. The molecule has 0 heterocycles. The van der Waals surface area contributed by atoms with Gasteiger partial charge >= 0.3 is 13.2 Å². The lowest BCUT2D eigenvalue weighted by Gasteiger charge is -2.14. The van der Waals surface area contributed by atoms with Gasteiger partial charge < -0.3 is 14.8 Å². The molecule has 0 atom stereocenters.